The number of ether oxygens (including phenoxy) is 4. The monoisotopic (exact) mass is 900 g/mol. The lowest BCUT2D eigenvalue weighted by atomic mass is 9.68. The van der Waals surface area contributed by atoms with E-state index in [1.165, 1.54) is 18.3 Å². The predicted molar refractivity (Wildman–Crippen MR) is 238 cm³/mol. The van der Waals surface area contributed by atoms with Gasteiger partial charge in [0, 0.05) is 47.2 Å². The van der Waals surface area contributed by atoms with E-state index >= 15 is 0 Å². The van der Waals surface area contributed by atoms with Crippen LogP contribution < -0.4 is 5.73 Å². The van der Waals surface area contributed by atoms with Crippen LogP contribution in [0.1, 0.15) is 107 Å². The number of pyridine rings is 1. The summed E-state index contributed by atoms with van der Waals surface area (Å²) in [5.41, 5.74) is 2.20. The fourth-order valence-electron chi connectivity index (χ4n) is 9.44. The van der Waals surface area contributed by atoms with Gasteiger partial charge < -0.3 is 49.7 Å². The second-order valence-electron chi connectivity index (χ2n) is 18.4. The molecule has 5 heterocycles. The molecule has 0 aliphatic carbocycles. The molecule has 0 radical (unpaired) electrons. The molecular formula is C45H68N6O11S. The van der Waals surface area contributed by atoms with Crippen molar-refractivity contribution in [2.75, 3.05) is 26.4 Å². The zero-order valence-electron chi connectivity index (χ0n) is 38.6. The molecule has 13 atom stereocenters. The van der Waals surface area contributed by atoms with Crippen molar-refractivity contribution in [2.45, 2.75) is 161 Å². The number of hydrogen-bond donors (Lipinski definition) is 4. The van der Waals surface area contributed by atoms with Crippen LogP contribution in [0.3, 0.4) is 0 Å². The van der Waals surface area contributed by atoms with Gasteiger partial charge in [-0.3, -0.25) is 14.6 Å². The van der Waals surface area contributed by atoms with Crippen LogP contribution in [0.25, 0.3) is 10.6 Å². The highest BCUT2D eigenvalue weighted by atomic mass is 32.1. The van der Waals surface area contributed by atoms with Crippen LogP contribution in [0.4, 0.5) is 5.82 Å². The number of ketones is 1. The second-order valence-corrected chi connectivity index (χ2v) is 19.2. The summed E-state index contributed by atoms with van der Waals surface area (Å²) in [6.07, 6.45) is -2.26. The van der Waals surface area contributed by atoms with E-state index in [0.717, 1.165) is 17.5 Å². The Hall–Kier alpha value is -3.75. The number of likely N-dealkylation sites (N-methyl/N-ethyl adjacent to an activating group) is 1. The number of amides is 1. The average Bonchev–Trinajstić information content (AvgIpc) is 3.67. The van der Waals surface area contributed by atoms with Crippen LogP contribution >= 0.6 is 11.3 Å². The molecule has 2 aromatic heterocycles. The minimum atomic E-state index is -2.69. The minimum Gasteiger partial charge on any atom is -0.457 e. The Morgan fingerprint density at radius 1 is 1.10 bits per heavy atom. The van der Waals surface area contributed by atoms with E-state index in [0.29, 0.717) is 29.4 Å². The molecule has 18 heteroatoms. The summed E-state index contributed by atoms with van der Waals surface area (Å²) in [4.78, 5) is 63.3. The molecule has 3 aliphatic heterocycles. The maximum atomic E-state index is 14.7. The highest BCUT2D eigenvalue weighted by Gasteiger charge is 2.55. The predicted octanol–water partition coefficient (Wildman–Crippen LogP) is 4.74. The first-order chi connectivity index (χ1) is 29.5. The highest BCUT2D eigenvalue weighted by molar-refractivity contribution is 7.13. The van der Waals surface area contributed by atoms with E-state index in [1.807, 2.05) is 45.8 Å². The third-order valence-electron chi connectivity index (χ3n) is 13.1. The van der Waals surface area contributed by atoms with Gasteiger partial charge >= 0.3 is 5.97 Å². The number of nitrogens with two attached hydrogens (primary N) is 1. The summed E-state index contributed by atoms with van der Waals surface area (Å²) in [6, 6.07) is 3.30. The Morgan fingerprint density at radius 2 is 1.81 bits per heavy atom. The van der Waals surface area contributed by atoms with Gasteiger partial charge in [0.15, 0.2) is 18.7 Å². The molecule has 63 heavy (non-hydrogen) atoms. The van der Waals surface area contributed by atoms with E-state index in [-0.39, 0.29) is 63.4 Å². The van der Waals surface area contributed by atoms with Crippen molar-refractivity contribution in [1.82, 2.24) is 14.9 Å². The molecule has 1 amide bonds. The second kappa shape index (κ2) is 20.6. The van der Waals surface area contributed by atoms with Crippen molar-refractivity contribution in [3.8, 4) is 10.6 Å². The van der Waals surface area contributed by atoms with E-state index in [9.17, 15) is 29.7 Å². The topological polar surface area (TPSA) is 238 Å². The maximum absolute atomic E-state index is 14.7. The summed E-state index contributed by atoms with van der Waals surface area (Å²) >= 11 is 1.41. The zero-order valence-corrected chi connectivity index (χ0v) is 39.4. The van der Waals surface area contributed by atoms with Gasteiger partial charge in [-0.1, -0.05) is 39.8 Å². The van der Waals surface area contributed by atoms with E-state index in [2.05, 4.69) is 20.1 Å². The maximum Gasteiger partial charge on any atom is 0.346 e. The molecule has 0 unspecified atom stereocenters. The average molecular weight is 901 g/mol. The number of carbonyl (C=O) groups excluding carboxylic acids is 3. The first-order valence-corrected chi connectivity index (χ1v) is 22.9. The van der Waals surface area contributed by atoms with Crippen molar-refractivity contribution < 1.29 is 53.5 Å². The Bertz CT molecular complexity index is 1970. The van der Waals surface area contributed by atoms with Crippen molar-refractivity contribution in [2.24, 2.45) is 33.8 Å². The van der Waals surface area contributed by atoms with Crippen LogP contribution in [0.2, 0.25) is 0 Å². The third kappa shape index (κ3) is 11.4. The van der Waals surface area contributed by atoms with Gasteiger partial charge in [0.25, 0.3) is 0 Å². The Morgan fingerprint density at radius 3 is 2.41 bits per heavy atom. The van der Waals surface area contributed by atoms with Gasteiger partial charge in [0.2, 0.25) is 11.5 Å². The summed E-state index contributed by atoms with van der Waals surface area (Å²) in [5.74, 6) is -5.20. The number of aliphatic imine (C=N–C) groups is 1. The molecular weight excluding hydrogens is 833 g/mol. The fourth-order valence-corrected chi connectivity index (χ4v) is 10.1. The van der Waals surface area contributed by atoms with Gasteiger partial charge in [-0.25, -0.2) is 14.8 Å². The van der Waals surface area contributed by atoms with Crippen LogP contribution in [0.15, 0.2) is 33.9 Å². The normalized spacial score (nSPS) is 37.6. The van der Waals surface area contributed by atoms with Crippen molar-refractivity contribution >= 4 is 46.2 Å². The lowest BCUT2D eigenvalue weighted by molar-refractivity contribution is -0.296. The number of oxime groups is 1. The van der Waals surface area contributed by atoms with E-state index < -0.39 is 76.8 Å². The zero-order chi connectivity index (χ0) is 46.6. The van der Waals surface area contributed by atoms with Gasteiger partial charge in [-0.2, -0.15) is 0 Å². The molecule has 5 N–H and O–H groups in total. The minimum absolute atomic E-state index is 0.00786. The number of thiazole rings is 1. The van der Waals surface area contributed by atoms with E-state index in [1.54, 1.807) is 45.3 Å². The molecule has 0 aromatic carbocycles. The number of cyclic esters (lactones) is 1. The number of esters is 1. The lowest BCUT2D eigenvalue weighted by Gasteiger charge is -2.48. The number of carbonyl (C=O) groups is 3. The molecule has 17 nitrogen and oxygen atoms in total. The Kier molecular flexibility index (Phi) is 16.4. The number of aliphatic hydroxyl groups excluding tert-OH is 1. The number of hydrogen-bond acceptors (Lipinski definition) is 17. The number of rotatable bonds is 9. The number of Topliss-reactive ketones (excluding diaryl/α,β-unsaturated/α-hetero) is 1. The largest absolute Gasteiger partial charge is 0.457 e. The van der Waals surface area contributed by atoms with Crippen LogP contribution in [-0.4, -0.2) is 134 Å². The molecule has 0 saturated carbocycles. The SMILES string of the molecule is CCC(=O)N=C1[C@H](C)C[C@@]2(C)OC/C(=N/OCc3ccc(-c4nc(N)cs4)cn3)CC[C@H]([C@H]1C)[C@](C)(O)[C@@H](CC)OC(=O)[C@@](C)(O)C(=O)[C@H](C)[C@H]2O[C@@H]1O[C@H](C)C[C@H](N(C)C)[C@H]1O. The van der Waals surface area contributed by atoms with Crippen molar-refractivity contribution in [1.29, 1.82) is 0 Å². The Balaban J connectivity index is 1.66. The van der Waals surface area contributed by atoms with Crippen LogP contribution in [0.5, 0.6) is 0 Å². The van der Waals surface area contributed by atoms with Crippen LogP contribution in [-0.2, 0) is 44.8 Å². The number of aliphatic hydroxyl groups is 3. The molecule has 2 aromatic rings. The summed E-state index contributed by atoms with van der Waals surface area (Å²) in [6.45, 7) is 14.9. The van der Waals surface area contributed by atoms with Crippen molar-refractivity contribution in [3.05, 3.63) is 29.4 Å². The number of nitrogen functional groups attached to an aromatic ring is 1. The van der Waals surface area contributed by atoms with Gasteiger partial charge in [-0.05, 0) is 97.9 Å². The molecule has 3 fully saturated rings. The molecule has 0 spiro atoms. The van der Waals surface area contributed by atoms with Gasteiger partial charge in [0.1, 0.15) is 28.6 Å². The number of nitrogens with zero attached hydrogens (tertiary/aromatic N) is 5. The Labute approximate surface area is 374 Å². The lowest BCUT2D eigenvalue weighted by Crippen LogP contribution is -2.61. The van der Waals surface area contributed by atoms with E-state index in [4.69, 9.17) is 29.5 Å². The third-order valence-corrected chi connectivity index (χ3v) is 14.0. The molecule has 2 bridgehead atoms. The van der Waals surface area contributed by atoms with Crippen molar-refractivity contribution in [3.63, 3.8) is 0 Å². The highest BCUT2D eigenvalue weighted by Crippen LogP contribution is 2.43. The summed E-state index contributed by atoms with van der Waals surface area (Å²) in [7, 11) is 3.69. The molecule has 3 aliphatic rings. The summed E-state index contributed by atoms with van der Waals surface area (Å²) in [5, 5.41) is 43.2. The first-order valence-electron chi connectivity index (χ1n) is 22.0. The van der Waals surface area contributed by atoms with Gasteiger partial charge in [-0.15, -0.1) is 11.3 Å². The smallest absolute Gasteiger partial charge is 0.346 e. The van der Waals surface area contributed by atoms with Crippen LogP contribution in [0, 0.1) is 23.7 Å². The quantitative estimate of drug-likeness (QED) is 0.151. The fraction of sp³-hybridized carbons (Fsp3) is 0.711. The molecule has 3 saturated heterocycles. The molecule has 350 valence electrons. The molecule has 5 rings (SSSR count). The summed E-state index contributed by atoms with van der Waals surface area (Å²) < 4.78 is 25.9. The number of anilines is 1. The standard InChI is InChI=1S/C45H68N6O11S/c1-12-33-44(8,56)31-17-16-30(50-59-22-29-15-14-28(20-47-29)40-48-34(46)23-63-40)21-58-43(7,19-24(3)36(26(31)5)49-35(52)13-2)39(27(6)38(54)45(9,57)42(55)61-33)62-41-37(53)32(51(10)11)18-25(4)60-41/h14-15,20,23-27,31-33,37,39,41,53,56-57H,12-13,16-19,21-22,46H2,1-11H3/b49-36?,50-30+/t24-,25-,26-,27+,31-,32+,33-,37-,39-,41+,43-,44+,45+/m1/s1. The first kappa shape index (κ1) is 50.3. The number of fused-ring (bicyclic) bond motifs is 5. The van der Waals surface area contributed by atoms with Gasteiger partial charge in [0.05, 0.1) is 35.8 Å². The number of aromatic nitrogens is 2.